The van der Waals surface area contributed by atoms with Gasteiger partial charge in [0.2, 0.25) is 0 Å². The highest BCUT2D eigenvalue weighted by Gasteiger charge is 2.19. The normalized spacial score (nSPS) is 11.6. The van der Waals surface area contributed by atoms with E-state index >= 15 is 0 Å². The second-order valence-corrected chi connectivity index (χ2v) is 19.9. The van der Waals surface area contributed by atoms with Gasteiger partial charge in [0.25, 0.3) is 0 Å². The van der Waals surface area contributed by atoms with Gasteiger partial charge in [-0.1, -0.05) is 277 Å². The molecule has 0 atom stereocenters. The minimum Gasteiger partial charge on any atom is -0.462 e. The molecule has 6 heteroatoms. The van der Waals surface area contributed by atoms with Gasteiger partial charge < -0.3 is 14.2 Å². The molecule has 0 aliphatic rings. The second kappa shape index (κ2) is 54.8. The van der Waals surface area contributed by atoms with Crippen LogP contribution in [0.5, 0.6) is 0 Å². The molecule has 0 N–H and O–H groups in total. The molecule has 0 unspecified atom stereocenters. The molecule has 0 amide bonds. The molecule has 384 valence electrons. The van der Waals surface area contributed by atoms with Gasteiger partial charge in [0.05, 0.1) is 0 Å². The average molecular weight is 918 g/mol. The Morgan fingerprint density at radius 3 is 0.769 bits per heavy atom. The van der Waals surface area contributed by atoms with E-state index in [1.54, 1.807) is 0 Å². The SMILES string of the molecule is CCCCCCCC/C=C\CCCCCCCCCCCCCC(=O)OC(COC(=O)CCCCCCCCCCCCCCC)COC(=O)CCCCCCCCCCCCCCC. The van der Waals surface area contributed by atoms with E-state index in [9.17, 15) is 14.4 Å². The predicted molar refractivity (Wildman–Crippen MR) is 280 cm³/mol. The molecule has 0 fully saturated rings. The Morgan fingerprint density at radius 2 is 0.508 bits per heavy atom. The standard InChI is InChI=1S/C59H112O6/c1-4-7-10-13-16-19-22-25-26-27-28-29-30-31-32-35-38-41-44-47-50-53-59(62)65-56(54-63-57(60)51-48-45-42-39-36-33-23-20-17-14-11-8-5-2)55-64-58(61)52-49-46-43-40-37-34-24-21-18-15-12-9-6-3/h25-26,56H,4-24,27-55H2,1-3H3/b26-25-. The molecule has 0 aromatic carbocycles. The van der Waals surface area contributed by atoms with Crippen LogP contribution in [0.15, 0.2) is 12.2 Å². The highest BCUT2D eigenvalue weighted by Crippen LogP contribution is 2.17. The molecule has 0 aliphatic carbocycles. The number of unbranched alkanes of at least 4 members (excludes halogenated alkanes) is 41. The Hall–Kier alpha value is -1.85. The molecule has 0 rings (SSSR count). The third kappa shape index (κ3) is 53.0. The van der Waals surface area contributed by atoms with Gasteiger partial charge in [0.1, 0.15) is 13.2 Å². The van der Waals surface area contributed by atoms with Gasteiger partial charge in [0, 0.05) is 19.3 Å². The topological polar surface area (TPSA) is 78.9 Å². The summed E-state index contributed by atoms with van der Waals surface area (Å²) in [6.45, 7) is 6.69. The Morgan fingerprint density at radius 1 is 0.292 bits per heavy atom. The predicted octanol–water partition coefficient (Wildman–Crippen LogP) is 19.3. The van der Waals surface area contributed by atoms with Crippen LogP contribution in [-0.4, -0.2) is 37.2 Å². The van der Waals surface area contributed by atoms with Crippen molar-refractivity contribution in [3.05, 3.63) is 12.2 Å². The van der Waals surface area contributed by atoms with Crippen LogP contribution >= 0.6 is 0 Å². The van der Waals surface area contributed by atoms with Crippen molar-refractivity contribution in [3.8, 4) is 0 Å². The highest BCUT2D eigenvalue weighted by atomic mass is 16.6. The van der Waals surface area contributed by atoms with Gasteiger partial charge in [0.15, 0.2) is 6.10 Å². The summed E-state index contributed by atoms with van der Waals surface area (Å²) in [5, 5.41) is 0. The lowest BCUT2D eigenvalue weighted by atomic mass is 10.0. The fraction of sp³-hybridized carbons (Fsp3) is 0.915. The first-order valence-corrected chi connectivity index (χ1v) is 29.2. The largest absolute Gasteiger partial charge is 0.462 e. The third-order valence-corrected chi connectivity index (χ3v) is 13.3. The lowest BCUT2D eigenvalue weighted by molar-refractivity contribution is -0.167. The lowest BCUT2D eigenvalue weighted by Crippen LogP contribution is -2.30. The third-order valence-electron chi connectivity index (χ3n) is 13.3. The van der Waals surface area contributed by atoms with Gasteiger partial charge in [-0.2, -0.15) is 0 Å². The number of hydrogen-bond donors (Lipinski definition) is 0. The average Bonchev–Trinajstić information content (AvgIpc) is 3.30. The van der Waals surface area contributed by atoms with Crippen LogP contribution in [0.25, 0.3) is 0 Å². The lowest BCUT2D eigenvalue weighted by Gasteiger charge is -2.18. The molecule has 0 bridgehead atoms. The molecular formula is C59H112O6. The summed E-state index contributed by atoms with van der Waals surface area (Å²) in [7, 11) is 0. The molecule has 0 aromatic heterocycles. The van der Waals surface area contributed by atoms with E-state index in [2.05, 4.69) is 32.9 Å². The molecule has 0 heterocycles. The van der Waals surface area contributed by atoms with E-state index in [0.717, 1.165) is 57.8 Å². The van der Waals surface area contributed by atoms with Crippen LogP contribution in [-0.2, 0) is 28.6 Å². The van der Waals surface area contributed by atoms with Gasteiger partial charge in [-0.05, 0) is 44.9 Å². The van der Waals surface area contributed by atoms with E-state index in [1.807, 2.05) is 0 Å². The second-order valence-electron chi connectivity index (χ2n) is 19.9. The van der Waals surface area contributed by atoms with Crippen molar-refractivity contribution in [3.63, 3.8) is 0 Å². The molecule has 0 saturated heterocycles. The van der Waals surface area contributed by atoms with Crippen molar-refractivity contribution in [2.75, 3.05) is 13.2 Å². The van der Waals surface area contributed by atoms with Crippen LogP contribution in [0.2, 0.25) is 0 Å². The van der Waals surface area contributed by atoms with Crippen LogP contribution < -0.4 is 0 Å². The number of hydrogen-bond acceptors (Lipinski definition) is 6. The molecule has 0 radical (unpaired) electrons. The van der Waals surface area contributed by atoms with E-state index in [-0.39, 0.29) is 31.1 Å². The van der Waals surface area contributed by atoms with Crippen LogP contribution in [0, 0.1) is 0 Å². The molecule has 0 saturated carbocycles. The Bertz CT molecular complexity index is 963. The summed E-state index contributed by atoms with van der Waals surface area (Å²) < 4.78 is 16.9. The first kappa shape index (κ1) is 63.1. The summed E-state index contributed by atoms with van der Waals surface area (Å²) in [5.41, 5.74) is 0. The Balaban J connectivity index is 4.27. The zero-order valence-corrected chi connectivity index (χ0v) is 44.0. The van der Waals surface area contributed by atoms with Crippen molar-refractivity contribution >= 4 is 17.9 Å². The summed E-state index contributed by atoms with van der Waals surface area (Å²) in [5.74, 6) is -0.841. The fourth-order valence-electron chi connectivity index (χ4n) is 8.85. The van der Waals surface area contributed by atoms with Crippen LogP contribution in [0.4, 0.5) is 0 Å². The smallest absolute Gasteiger partial charge is 0.306 e. The molecule has 0 aromatic rings. The summed E-state index contributed by atoms with van der Waals surface area (Å²) >= 11 is 0. The quantitative estimate of drug-likeness (QED) is 0.0262. The first-order chi connectivity index (χ1) is 32.0. The minimum atomic E-state index is -0.764. The summed E-state index contributed by atoms with van der Waals surface area (Å²) in [6.07, 6.45) is 62.0. The maximum atomic E-state index is 12.9. The van der Waals surface area contributed by atoms with E-state index in [0.29, 0.717) is 19.3 Å². The van der Waals surface area contributed by atoms with Crippen LogP contribution in [0.1, 0.15) is 329 Å². The van der Waals surface area contributed by atoms with Gasteiger partial charge in [-0.25, -0.2) is 0 Å². The van der Waals surface area contributed by atoms with Crippen molar-refractivity contribution in [1.29, 1.82) is 0 Å². The number of esters is 3. The number of rotatable bonds is 54. The van der Waals surface area contributed by atoms with Crippen molar-refractivity contribution in [2.45, 2.75) is 335 Å². The summed E-state index contributed by atoms with van der Waals surface area (Å²) in [6, 6.07) is 0. The van der Waals surface area contributed by atoms with E-state index < -0.39 is 6.10 Å². The zero-order valence-electron chi connectivity index (χ0n) is 44.0. The Kier molecular flexibility index (Phi) is 53.2. The molecular weight excluding hydrogens is 805 g/mol. The van der Waals surface area contributed by atoms with Crippen molar-refractivity contribution < 1.29 is 28.6 Å². The minimum absolute atomic E-state index is 0.0641. The number of ether oxygens (including phenoxy) is 3. The molecule has 65 heavy (non-hydrogen) atoms. The zero-order chi connectivity index (χ0) is 47.2. The van der Waals surface area contributed by atoms with Gasteiger partial charge in [-0.3, -0.25) is 14.4 Å². The number of carbonyl (C=O) groups is 3. The molecule has 6 nitrogen and oxygen atoms in total. The summed E-state index contributed by atoms with van der Waals surface area (Å²) in [4.78, 5) is 38.1. The van der Waals surface area contributed by atoms with Gasteiger partial charge in [-0.15, -0.1) is 0 Å². The number of allylic oxidation sites excluding steroid dienone is 2. The van der Waals surface area contributed by atoms with Crippen molar-refractivity contribution in [1.82, 2.24) is 0 Å². The fourth-order valence-corrected chi connectivity index (χ4v) is 8.85. The van der Waals surface area contributed by atoms with Gasteiger partial charge >= 0.3 is 17.9 Å². The molecule has 0 spiro atoms. The first-order valence-electron chi connectivity index (χ1n) is 29.2. The van der Waals surface area contributed by atoms with Crippen molar-refractivity contribution in [2.24, 2.45) is 0 Å². The molecule has 0 aliphatic heterocycles. The maximum Gasteiger partial charge on any atom is 0.306 e. The maximum absolute atomic E-state index is 12.9. The van der Waals surface area contributed by atoms with E-state index in [1.165, 1.54) is 231 Å². The monoisotopic (exact) mass is 917 g/mol. The van der Waals surface area contributed by atoms with E-state index in [4.69, 9.17) is 14.2 Å². The van der Waals surface area contributed by atoms with Crippen LogP contribution in [0.3, 0.4) is 0 Å². The number of carbonyl (C=O) groups excluding carboxylic acids is 3. The Labute approximate surface area is 405 Å². The highest BCUT2D eigenvalue weighted by molar-refractivity contribution is 5.71.